The van der Waals surface area contributed by atoms with E-state index in [-0.39, 0.29) is 11.4 Å². The first-order chi connectivity index (χ1) is 9.82. The quantitative estimate of drug-likeness (QED) is 0.861. The van der Waals surface area contributed by atoms with Crippen molar-refractivity contribution in [1.82, 2.24) is 9.55 Å². The standard InChI is InChI=1S/C11H11ClF3N3O3/c12-2-1-5-3-18(10(20)17-8(5)16)9-7(13)11(14,15)6(4-19)21-9/h1-3,6-7,9,19H,4H2,(H2,16,17,20)/b2-1-. The summed E-state index contributed by atoms with van der Waals surface area (Å²) in [5.74, 6) is -4.12. The van der Waals surface area contributed by atoms with Crippen LogP contribution in [0.4, 0.5) is 19.0 Å². The number of rotatable bonds is 3. The fraction of sp³-hybridized carbons (Fsp3) is 0.455. The molecule has 0 spiro atoms. The van der Waals surface area contributed by atoms with E-state index in [1.54, 1.807) is 0 Å². The van der Waals surface area contributed by atoms with Crippen LogP contribution in [0.25, 0.3) is 6.08 Å². The second kappa shape index (κ2) is 5.66. The second-order valence-corrected chi connectivity index (χ2v) is 4.59. The van der Waals surface area contributed by atoms with Gasteiger partial charge in [0.05, 0.1) is 6.61 Å². The molecule has 1 fully saturated rings. The molecule has 2 heterocycles. The molecule has 21 heavy (non-hydrogen) atoms. The van der Waals surface area contributed by atoms with E-state index in [0.29, 0.717) is 4.57 Å². The monoisotopic (exact) mass is 325 g/mol. The summed E-state index contributed by atoms with van der Waals surface area (Å²) in [5.41, 5.74) is 5.61. The molecule has 0 radical (unpaired) electrons. The summed E-state index contributed by atoms with van der Waals surface area (Å²) >= 11 is 5.37. The van der Waals surface area contributed by atoms with E-state index in [4.69, 9.17) is 27.2 Å². The lowest BCUT2D eigenvalue weighted by molar-refractivity contribution is -0.111. The number of alkyl halides is 3. The largest absolute Gasteiger partial charge is 0.393 e. The van der Waals surface area contributed by atoms with Crippen LogP contribution in [0.3, 0.4) is 0 Å². The maximum Gasteiger partial charge on any atom is 0.351 e. The molecule has 1 aromatic rings. The number of halogens is 4. The molecular weight excluding hydrogens is 315 g/mol. The summed E-state index contributed by atoms with van der Waals surface area (Å²) in [4.78, 5) is 15.1. The van der Waals surface area contributed by atoms with Gasteiger partial charge in [-0.25, -0.2) is 18.0 Å². The van der Waals surface area contributed by atoms with Crippen molar-refractivity contribution in [3.63, 3.8) is 0 Å². The van der Waals surface area contributed by atoms with Crippen molar-refractivity contribution in [3.8, 4) is 0 Å². The molecule has 1 saturated heterocycles. The van der Waals surface area contributed by atoms with Crippen LogP contribution in [0.5, 0.6) is 0 Å². The topological polar surface area (TPSA) is 90.4 Å². The second-order valence-electron chi connectivity index (χ2n) is 4.34. The third kappa shape index (κ3) is 2.63. The fourth-order valence-corrected chi connectivity index (χ4v) is 2.08. The number of nitrogens with zero attached hydrogens (tertiary/aromatic N) is 2. The van der Waals surface area contributed by atoms with Gasteiger partial charge in [0.1, 0.15) is 11.9 Å². The van der Waals surface area contributed by atoms with Crippen LogP contribution in [-0.4, -0.2) is 39.5 Å². The van der Waals surface area contributed by atoms with E-state index in [0.717, 1.165) is 11.7 Å². The first-order valence-electron chi connectivity index (χ1n) is 5.76. The zero-order valence-electron chi connectivity index (χ0n) is 10.4. The van der Waals surface area contributed by atoms with Crippen LogP contribution in [0.1, 0.15) is 11.8 Å². The molecule has 3 N–H and O–H groups in total. The fourth-order valence-electron chi connectivity index (χ4n) is 1.94. The van der Waals surface area contributed by atoms with Crippen molar-refractivity contribution in [2.45, 2.75) is 24.4 Å². The first-order valence-corrected chi connectivity index (χ1v) is 6.20. The number of aromatic nitrogens is 2. The molecule has 0 aromatic carbocycles. The molecule has 10 heteroatoms. The minimum Gasteiger partial charge on any atom is -0.393 e. The Morgan fingerprint density at radius 3 is 2.81 bits per heavy atom. The molecule has 0 bridgehead atoms. The van der Waals surface area contributed by atoms with Gasteiger partial charge in [0.15, 0.2) is 6.23 Å². The molecule has 3 atom stereocenters. The smallest absolute Gasteiger partial charge is 0.351 e. The van der Waals surface area contributed by atoms with Crippen molar-refractivity contribution in [2.75, 3.05) is 12.3 Å². The Labute approximate surface area is 121 Å². The molecule has 3 unspecified atom stereocenters. The van der Waals surface area contributed by atoms with E-state index in [9.17, 15) is 18.0 Å². The highest BCUT2D eigenvalue weighted by atomic mass is 35.5. The number of hydrogen-bond donors (Lipinski definition) is 2. The van der Waals surface area contributed by atoms with Crippen LogP contribution < -0.4 is 11.4 Å². The van der Waals surface area contributed by atoms with Gasteiger partial charge in [0.2, 0.25) is 6.17 Å². The summed E-state index contributed by atoms with van der Waals surface area (Å²) in [6, 6.07) is 0. The molecule has 1 aliphatic rings. The van der Waals surface area contributed by atoms with Crippen molar-refractivity contribution < 1.29 is 23.0 Å². The Kier molecular flexibility index (Phi) is 4.26. The average Bonchev–Trinajstić information content (AvgIpc) is 2.64. The van der Waals surface area contributed by atoms with Gasteiger partial charge in [-0.3, -0.25) is 4.57 Å². The Bertz CT molecular complexity index is 622. The van der Waals surface area contributed by atoms with Crippen LogP contribution in [0.2, 0.25) is 0 Å². The van der Waals surface area contributed by atoms with Crippen LogP contribution >= 0.6 is 11.6 Å². The van der Waals surface area contributed by atoms with Gasteiger partial charge in [-0.1, -0.05) is 11.6 Å². The molecule has 0 amide bonds. The van der Waals surface area contributed by atoms with Gasteiger partial charge in [-0.2, -0.15) is 4.98 Å². The Hall–Kier alpha value is -1.58. The summed E-state index contributed by atoms with van der Waals surface area (Å²) in [5, 5.41) is 8.81. The van der Waals surface area contributed by atoms with Crippen molar-refractivity contribution in [1.29, 1.82) is 0 Å². The SMILES string of the molecule is Nc1nc(=O)n(C2OC(CO)C(F)(F)C2F)cc1/C=C\Cl. The number of anilines is 1. The predicted octanol–water partition coefficient (Wildman–Crippen LogP) is 0.898. The number of aliphatic hydroxyl groups is 1. The zero-order valence-corrected chi connectivity index (χ0v) is 11.2. The van der Waals surface area contributed by atoms with Gasteiger partial charge in [-0.15, -0.1) is 0 Å². The predicted molar refractivity (Wildman–Crippen MR) is 68.6 cm³/mol. The van der Waals surface area contributed by atoms with Gasteiger partial charge in [-0.05, 0) is 6.08 Å². The van der Waals surface area contributed by atoms with Crippen LogP contribution in [0, 0.1) is 0 Å². The van der Waals surface area contributed by atoms with Crippen LogP contribution in [0.15, 0.2) is 16.5 Å². The van der Waals surface area contributed by atoms with E-state index >= 15 is 0 Å². The average molecular weight is 326 g/mol. The first kappa shape index (κ1) is 15.8. The van der Waals surface area contributed by atoms with Gasteiger partial charge >= 0.3 is 11.6 Å². The third-order valence-corrected chi connectivity index (χ3v) is 3.17. The van der Waals surface area contributed by atoms with Gasteiger partial charge in [0, 0.05) is 17.3 Å². The summed E-state index contributed by atoms with van der Waals surface area (Å²) in [6.45, 7) is -1.09. The van der Waals surface area contributed by atoms with Crippen molar-refractivity contribution in [2.24, 2.45) is 0 Å². The number of nitrogens with two attached hydrogens (primary N) is 1. The van der Waals surface area contributed by atoms with Crippen molar-refractivity contribution in [3.05, 3.63) is 27.8 Å². The molecule has 0 aliphatic carbocycles. The van der Waals surface area contributed by atoms with E-state index in [1.165, 1.54) is 6.08 Å². The van der Waals surface area contributed by atoms with Gasteiger partial charge in [0.25, 0.3) is 0 Å². The highest BCUT2D eigenvalue weighted by Gasteiger charge is 2.60. The Morgan fingerprint density at radius 2 is 2.29 bits per heavy atom. The van der Waals surface area contributed by atoms with E-state index in [1.807, 2.05) is 0 Å². The minimum atomic E-state index is -3.93. The normalized spacial score (nSPS) is 28.3. The third-order valence-electron chi connectivity index (χ3n) is 3.04. The zero-order chi connectivity index (χ0) is 15.8. The Balaban J connectivity index is 2.48. The Morgan fingerprint density at radius 1 is 1.62 bits per heavy atom. The number of nitrogen functional groups attached to an aromatic ring is 1. The minimum absolute atomic E-state index is 0.135. The number of ether oxygens (including phenoxy) is 1. The molecule has 6 nitrogen and oxygen atoms in total. The molecular formula is C11H11ClF3N3O3. The van der Waals surface area contributed by atoms with Crippen LogP contribution in [-0.2, 0) is 4.74 Å². The highest BCUT2D eigenvalue weighted by molar-refractivity contribution is 6.27. The lowest BCUT2D eigenvalue weighted by Crippen LogP contribution is -2.39. The van der Waals surface area contributed by atoms with Gasteiger partial charge < -0.3 is 15.6 Å². The number of hydrogen-bond acceptors (Lipinski definition) is 5. The maximum absolute atomic E-state index is 13.8. The van der Waals surface area contributed by atoms with E-state index in [2.05, 4.69) is 4.98 Å². The lowest BCUT2D eigenvalue weighted by Gasteiger charge is -2.17. The summed E-state index contributed by atoms with van der Waals surface area (Å²) < 4.78 is 46.2. The maximum atomic E-state index is 13.8. The molecule has 2 rings (SSSR count). The highest BCUT2D eigenvalue weighted by Crippen LogP contribution is 2.42. The molecule has 116 valence electrons. The van der Waals surface area contributed by atoms with Crippen molar-refractivity contribution >= 4 is 23.5 Å². The molecule has 0 saturated carbocycles. The molecule has 1 aliphatic heterocycles. The molecule has 1 aromatic heterocycles. The van der Waals surface area contributed by atoms with E-state index < -0.39 is 36.7 Å². The summed E-state index contributed by atoms with van der Waals surface area (Å²) in [7, 11) is 0. The number of aliphatic hydroxyl groups excluding tert-OH is 1. The summed E-state index contributed by atoms with van der Waals surface area (Å²) in [6.07, 6.45) is -4.51. The lowest BCUT2D eigenvalue weighted by atomic mass is 10.1.